The van der Waals surface area contributed by atoms with Crippen molar-refractivity contribution < 1.29 is 14.3 Å². The number of rotatable bonds is 6. The summed E-state index contributed by atoms with van der Waals surface area (Å²) in [5, 5.41) is 2.65. The maximum atomic E-state index is 12.1. The summed E-state index contributed by atoms with van der Waals surface area (Å²) in [5.74, 6) is -0.667. The van der Waals surface area contributed by atoms with Gasteiger partial charge in [0.05, 0.1) is 13.0 Å². The third-order valence-electron chi connectivity index (χ3n) is 2.84. The molecule has 7 heteroatoms. The van der Waals surface area contributed by atoms with E-state index in [4.69, 9.17) is 10.5 Å². The van der Waals surface area contributed by atoms with Gasteiger partial charge in [0.25, 0.3) is 0 Å². The SMILES string of the molecule is CCOC(=O)CCNC(=O)C(C)(N)c1ccc(Br)cc1.Cl. The van der Waals surface area contributed by atoms with Gasteiger partial charge in [0, 0.05) is 11.0 Å². The van der Waals surface area contributed by atoms with E-state index in [1.165, 1.54) is 0 Å². The first-order chi connectivity index (χ1) is 9.37. The van der Waals surface area contributed by atoms with Crippen LogP contribution in [0.1, 0.15) is 25.8 Å². The first kappa shape index (κ1) is 19.9. The van der Waals surface area contributed by atoms with E-state index in [1.807, 2.05) is 12.1 Å². The number of ether oxygens (including phenoxy) is 1. The van der Waals surface area contributed by atoms with Crippen LogP contribution >= 0.6 is 28.3 Å². The Balaban J connectivity index is 0.00000400. The van der Waals surface area contributed by atoms with Gasteiger partial charge < -0.3 is 15.8 Å². The van der Waals surface area contributed by atoms with Gasteiger partial charge in [0.15, 0.2) is 0 Å². The summed E-state index contributed by atoms with van der Waals surface area (Å²) < 4.78 is 5.70. The number of nitrogens with one attached hydrogen (secondary N) is 1. The number of carbonyl (C=O) groups is 2. The van der Waals surface area contributed by atoms with Crippen LogP contribution in [0, 0.1) is 0 Å². The maximum Gasteiger partial charge on any atom is 0.307 e. The predicted octanol–water partition coefficient (Wildman–Crippen LogP) is 2.11. The molecule has 0 aliphatic carbocycles. The highest BCUT2D eigenvalue weighted by Crippen LogP contribution is 2.20. The Bertz CT molecular complexity index is 478. The Hall–Kier alpha value is -1.11. The lowest BCUT2D eigenvalue weighted by Crippen LogP contribution is -2.49. The zero-order valence-corrected chi connectivity index (χ0v) is 14.4. The average Bonchev–Trinajstić information content (AvgIpc) is 2.39. The molecule has 0 aromatic heterocycles. The molecule has 0 heterocycles. The van der Waals surface area contributed by atoms with Crippen molar-refractivity contribution >= 4 is 40.2 Å². The van der Waals surface area contributed by atoms with Crippen LogP contribution in [0.2, 0.25) is 0 Å². The summed E-state index contributed by atoms with van der Waals surface area (Å²) >= 11 is 3.33. The van der Waals surface area contributed by atoms with Crippen molar-refractivity contribution in [3.63, 3.8) is 0 Å². The van der Waals surface area contributed by atoms with E-state index in [1.54, 1.807) is 26.0 Å². The van der Waals surface area contributed by atoms with Gasteiger partial charge in [-0.2, -0.15) is 0 Å². The molecule has 5 nitrogen and oxygen atoms in total. The Labute approximate surface area is 139 Å². The molecule has 1 atom stereocenters. The molecular weight excluding hydrogens is 360 g/mol. The van der Waals surface area contributed by atoms with Crippen LogP contribution in [0.4, 0.5) is 0 Å². The lowest BCUT2D eigenvalue weighted by molar-refractivity contribution is -0.143. The Kier molecular flexibility index (Phi) is 8.54. The number of carbonyl (C=O) groups excluding carboxylic acids is 2. The molecule has 0 aliphatic heterocycles. The third kappa shape index (κ3) is 6.03. The monoisotopic (exact) mass is 378 g/mol. The van der Waals surface area contributed by atoms with Gasteiger partial charge in [-0.1, -0.05) is 28.1 Å². The normalized spacial score (nSPS) is 12.8. The highest BCUT2D eigenvalue weighted by atomic mass is 79.9. The number of amides is 1. The molecule has 1 amide bonds. The third-order valence-corrected chi connectivity index (χ3v) is 3.36. The summed E-state index contributed by atoms with van der Waals surface area (Å²) in [7, 11) is 0. The molecule has 1 aromatic carbocycles. The van der Waals surface area contributed by atoms with Crippen molar-refractivity contribution in [1.82, 2.24) is 5.32 Å². The van der Waals surface area contributed by atoms with Gasteiger partial charge in [-0.05, 0) is 31.5 Å². The van der Waals surface area contributed by atoms with Crippen molar-refractivity contribution in [2.45, 2.75) is 25.8 Å². The van der Waals surface area contributed by atoms with Crippen LogP contribution in [-0.2, 0) is 19.9 Å². The van der Waals surface area contributed by atoms with Gasteiger partial charge in [-0.3, -0.25) is 9.59 Å². The molecule has 0 spiro atoms. The van der Waals surface area contributed by atoms with Gasteiger partial charge in [-0.15, -0.1) is 12.4 Å². The van der Waals surface area contributed by atoms with Crippen molar-refractivity contribution in [3.8, 4) is 0 Å². The second-order valence-electron chi connectivity index (χ2n) is 4.52. The highest BCUT2D eigenvalue weighted by molar-refractivity contribution is 9.10. The van der Waals surface area contributed by atoms with Crippen LogP contribution in [0.25, 0.3) is 0 Å². The molecule has 0 fully saturated rings. The molecular formula is C14H20BrClN2O3. The molecule has 0 radical (unpaired) electrons. The highest BCUT2D eigenvalue weighted by Gasteiger charge is 2.30. The van der Waals surface area contributed by atoms with Gasteiger partial charge in [-0.25, -0.2) is 0 Å². The second-order valence-corrected chi connectivity index (χ2v) is 5.44. The van der Waals surface area contributed by atoms with Gasteiger partial charge >= 0.3 is 5.97 Å². The largest absolute Gasteiger partial charge is 0.466 e. The van der Waals surface area contributed by atoms with Crippen LogP contribution in [-0.4, -0.2) is 25.0 Å². The fraction of sp³-hybridized carbons (Fsp3) is 0.429. The fourth-order valence-corrected chi connectivity index (χ4v) is 1.89. The first-order valence-electron chi connectivity index (χ1n) is 6.36. The molecule has 0 saturated carbocycles. The van der Waals surface area contributed by atoms with Crippen LogP contribution < -0.4 is 11.1 Å². The first-order valence-corrected chi connectivity index (χ1v) is 7.16. The molecule has 0 bridgehead atoms. The summed E-state index contributed by atoms with van der Waals surface area (Å²) in [6, 6.07) is 7.22. The number of hydrogen-bond acceptors (Lipinski definition) is 4. The lowest BCUT2D eigenvalue weighted by Gasteiger charge is -2.24. The number of benzene rings is 1. The van der Waals surface area contributed by atoms with E-state index >= 15 is 0 Å². The van der Waals surface area contributed by atoms with Crippen LogP contribution in [0.5, 0.6) is 0 Å². The lowest BCUT2D eigenvalue weighted by atomic mass is 9.92. The van der Waals surface area contributed by atoms with Gasteiger partial charge in [0.2, 0.25) is 5.91 Å². The zero-order valence-electron chi connectivity index (χ0n) is 12.0. The minimum Gasteiger partial charge on any atom is -0.466 e. The molecule has 1 unspecified atom stereocenters. The molecule has 1 aromatic rings. The second kappa shape index (κ2) is 9.02. The Morgan fingerprint density at radius 1 is 1.33 bits per heavy atom. The van der Waals surface area contributed by atoms with E-state index < -0.39 is 5.54 Å². The molecule has 0 aliphatic rings. The predicted molar refractivity (Wildman–Crippen MR) is 87.2 cm³/mol. The quantitative estimate of drug-likeness (QED) is 0.742. The van der Waals surface area contributed by atoms with E-state index in [-0.39, 0.29) is 37.2 Å². The summed E-state index contributed by atoms with van der Waals surface area (Å²) in [6.07, 6.45) is 0.135. The standard InChI is InChI=1S/C14H19BrN2O3.ClH/c1-3-20-12(18)8-9-17-13(19)14(2,16)10-4-6-11(15)7-5-10;/h4-7H,3,8-9,16H2,1-2H3,(H,17,19);1H. The van der Waals surface area contributed by atoms with Crippen molar-refractivity contribution in [2.75, 3.05) is 13.2 Å². The number of hydrogen-bond donors (Lipinski definition) is 2. The topological polar surface area (TPSA) is 81.4 Å². The minimum absolute atomic E-state index is 0. The van der Waals surface area contributed by atoms with Crippen LogP contribution in [0.3, 0.4) is 0 Å². The molecule has 3 N–H and O–H groups in total. The van der Waals surface area contributed by atoms with Crippen molar-refractivity contribution in [2.24, 2.45) is 5.73 Å². The number of esters is 1. The molecule has 1 rings (SSSR count). The summed E-state index contributed by atoms with van der Waals surface area (Å²) in [4.78, 5) is 23.3. The minimum atomic E-state index is -1.14. The van der Waals surface area contributed by atoms with E-state index in [0.717, 1.165) is 4.47 Å². The zero-order chi connectivity index (χ0) is 15.2. The average molecular weight is 380 g/mol. The Morgan fingerprint density at radius 3 is 2.43 bits per heavy atom. The van der Waals surface area contributed by atoms with Crippen molar-refractivity contribution in [1.29, 1.82) is 0 Å². The smallest absolute Gasteiger partial charge is 0.307 e. The van der Waals surface area contributed by atoms with Crippen molar-refractivity contribution in [3.05, 3.63) is 34.3 Å². The molecule has 0 saturated heterocycles. The summed E-state index contributed by atoms with van der Waals surface area (Å²) in [5.41, 5.74) is 5.62. The van der Waals surface area contributed by atoms with Crippen LogP contribution in [0.15, 0.2) is 28.7 Å². The van der Waals surface area contributed by atoms with E-state index in [9.17, 15) is 9.59 Å². The summed E-state index contributed by atoms with van der Waals surface area (Å²) in [6.45, 7) is 3.91. The van der Waals surface area contributed by atoms with E-state index in [2.05, 4.69) is 21.2 Å². The molecule has 21 heavy (non-hydrogen) atoms. The number of halogens is 2. The fourth-order valence-electron chi connectivity index (χ4n) is 1.62. The Morgan fingerprint density at radius 2 is 1.90 bits per heavy atom. The molecule has 118 valence electrons. The maximum absolute atomic E-state index is 12.1. The van der Waals surface area contributed by atoms with Gasteiger partial charge in [0.1, 0.15) is 5.54 Å². The van der Waals surface area contributed by atoms with E-state index in [0.29, 0.717) is 12.2 Å². The number of nitrogens with two attached hydrogens (primary N) is 1.